The van der Waals surface area contributed by atoms with E-state index in [1.54, 1.807) is 6.20 Å². The number of nitrogens with one attached hydrogen (secondary N) is 5. The molecule has 0 bridgehead atoms. The van der Waals surface area contributed by atoms with E-state index in [1.807, 2.05) is 29.2 Å². The zero-order chi connectivity index (χ0) is 24.6. The Hall–Kier alpha value is -3.06. The van der Waals surface area contributed by atoms with Crippen LogP contribution in [0.3, 0.4) is 0 Å². The molecule has 2 fully saturated rings. The molecule has 2 aromatic rings. The Bertz CT molecular complexity index is 1080. The average molecular weight is 563 g/mol. The van der Waals surface area contributed by atoms with Gasteiger partial charge >= 0.3 is 6.03 Å². The Balaban J connectivity index is 1.25. The summed E-state index contributed by atoms with van der Waals surface area (Å²) in [6.45, 7) is 2.64. The number of urea groups is 1. The van der Waals surface area contributed by atoms with Crippen molar-refractivity contribution in [3.05, 3.63) is 34.9 Å². The van der Waals surface area contributed by atoms with Crippen LogP contribution in [0.1, 0.15) is 19.3 Å². The minimum Gasteiger partial charge on any atom is -0.369 e. The number of benzene rings is 1. The largest absolute Gasteiger partial charge is 0.369 e. The molecule has 2 saturated heterocycles. The lowest BCUT2D eigenvalue weighted by Crippen LogP contribution is -2.43. The molecule has 1 aromatic heterocycles. The summed E-state index contributed by atoms with van der Waals surface area (Å²) in [6.07, 6.45) is 4.41. The number of amides is 4. The van der Waals surface area contributed by atoms with Crippen molar-refractivity contribution < 1.29 is 14.4 Å². The maximum Gasteiger partial charge on any atom is 0.321 e. The normalized spacial score (nSPS) is 17.1. The number of likely N-dealkylation sites (tertiary alicyclic amines) is 1. The van der Waals surface area contributed by atoms with Crippen LogP contribution in [-0.4, -0.2) is 70.0 Å². The van der Waals surface area contributed by atoms with Crippen molar-refractivity contribution >= 4 is 68.0 Å². The lowest BCUT2D eigenvalue weighted by Gasteiger charge is -2.16. The molecule has 11 nitrogen and oxygen atoms in total. The lowest BCUT2D eigenvalue weighted by molar-refractivity contribution is -0.122. The van der Waals surface area contributed by atoms with Crippen molar-refractivity contribution in [3.8, 4) is 0 Å². The molecule has 1 aromatic carbocycles. The number of anilines is 4. The molecule has 1 atom stereocenters. The number of aromatic nitrogens is 2. The van der Waals surface area contributed by atoms with Gasteiger partial charge in [-0.05, 0) is 53.4 Å². The third kappa shape index (κ3) is 7.21. The summed E-state index contributed by atoms with van der Waals surface area (Å²) < 4.78 is 0.712. The van der Waals surface area contributed by atoms with Crippen LogP contribution < -0.4 is 26.6 Å². The van der Waals surface area contributed by atoms with Crippen LogP contribution in [-0.2, 0) is 4.79 Å². The summed E-state index contributed by atoms with van der Waals surface area (Å²) in [5, 5.41) is 14.6. The molecule has 4 rings (SSSR count). The molecule has 35 heavy (non-hydrogen) atoms. The van der Waals surface area contributed by atoms with Gasteiger partial charge in [0.15, 0.2) is 0 Å². The van der Waals surface area contributed by atoms with Gasteiger partial charge in [0.25, 0.3) is 5.24 Å². The average Bonchev–Trinajstić information content (AvgIpc) is 3.53. The van der Waals surface area contributed by atoms with E-state index in [2.05, 4.69) is 52.5 Å². The first-order valence-electron chi connectivity index (χ1n) is 11.4. The Morgan fingerprint density at radius 1 is 1.20 bits per heavy atom. The summed E-state index contributed by atoms with van der Waals surface area (Å²) in [6, 6.07) is 6.85. The molecule has 186 valence electrons. The Kier molecular flexibility index (Phi) is 8.64. The minimum absolute atomic E-state index is 0.0888. The van der Waals surface area contributed by atoms with E-state index in [0.717, 1.165) is 43.4 Å². The summed E-state index contributed by atoms with van der Waals surface area (Å²) in [5.74, 6) is 1.31. The molecule has 5 N–H and O–H groups in total. The molecule has 4 amide bonds. The molecule has 0 unspecified atom stereocenters. The van der Waals surface area contributed by atoms with Crippen LogP contribution in [0.15, 0.2) is 34.9 Å². The van der Waals surface area contributed by atoms with Gasteiger partial charge in [0.1, 0.15) is 11.9 Å². The third-order valence-corrected chi connectivity index (χ3v) is 6.90. The zero-order valence-electron chi connectivity index (χ0n) is 19.0. The van der Waals surface area contributed by atoms with Crippen LogP contribution in [0.2, 0.25) is 0 Å². The first-order chi connectivity index (χ1) is 17.0. The fourth-order valence-corrected chi connectivity index (χ4v) is 4.74. The number of carbonyl (C=O) groups is 3. The first kappa shape index (κ1) is 25.0. The molecule has 0 saturated carbocycles. The number of halogens is 1. The monoisotopic (exact) mass is 562 g/mol. The van der Waals surface area contributed by atoms with Crippen LogP contribution in [0, 0.1) is 0 Å². The molecule has 0 spiro atoms. The Labute approximate surface area is 215 Å². The smallest absolute Gasteiger partial charge is 0.321 e. The lowest BCUT2D eigenvalue weighted by atomic mass is 10.3. The molecular formula is C22H27BrN8O3S. The van der Waals surface area contributed by atoms with Gasteiger partial charge in [-0.25, -0.2) is 9.78 Å². The molecule has 2 aliphatic rings. The second-order valence-corrected chi connectivity index (χ2v) is 9.93. The summed E-state index contributed by atoms with van der Waals surface area (Å²) in [4.78, 5) is 46.2. The molecule has 13 heteroatoms. The number of carbonyl (C=O) groups excluding carboxylic acids is 3. The molecule has 2 aliphatic heterocycles. The second kappa shape index (κ2) is 12.1. The quantitative estimate of drug-likeness (QED) is 0.293. The highest BCUT2D eigenvalue weighted by Gasteiger charge is 2.27. The topological polar surface area (TPSA) is 140 Å². The van der Waals surface area contributed by atoms with Crippen LogP contribution in [0.4, 0.5) is 32.7 Å². The van der Waals surface area contributed by atoms with Gasteiger partial charge in [-0.1, -0.05) is 17.8 Å². The van der Waals surface area contributed by atoms with Gasteiger partial charge in [-0.15, -0.1) is 0 Å². The number of hydrogen-bond acceptors (Lipinski definition) is 8. The van der Waals surface area contributed by atoms with Gasteiger partial charge in [0.2, 0.25) is 11.9 Å². The van der Waals surface area contributed by atoms with Crippen molar-refractivity contribution in [3.63, 3.8) is 0 Å². The zero-order valence-corrected chi connectivity index (χ0v) is 21.4. The number of hydrogen-bond donors (Lipinski definition) is 5. The maximum atomic E-state index is 12.3. The maximum absolute atomic E-state index is 12.3. The van der Waals surface area contributed by atoms with Crippen LogP contribution in [0.5, 0.6) is 0 Å². The molecule has 0 aliphatic carbocycles. The van der Waals surface area contributed by atoms with Crippen molar-refractivity contribution in [2.45, 2.75) is 25.3 Å². The van der Waals surface area contributed by atoms with E-state index in [0.29, 0.717) is 47.2 Å². The Morgan fingerprint density at radius 2 is 2.00 bits per heavy atom. The highest BCUT2D eigenvalue weighted by molar-refractivity contribution is 9.10. The van der Waals surface area contributed by atoms with E-state index in [4.69, 9.17) is 0 Å². The SMILES string of the molecule is O=C1N[C@H](C(=O)NCCCNc2nc(Nc3cccc(NC(=O)N4CCCC4)c3)ncc2Br)CS1. The fraction of sp³-hybridized carbons (Fsp3) is 0.409. The minimum atomic E-state index is -0.461. The highest BCUT2D eigenvalue weighted by atomic mass is 79.9. The van der Waals surface area contributed by atoms with Crippen molar-refractivity contribution in [2.24, 2.45) is 0 Å². The van der Waals surface area contributed by atoms with Gasteiger partial charge in [-0.2, -0.15) is 4.98 Å². The summed E-state index contributed by atoms with van der Waals surface area (Å²) >= 11 is 4.57. The predicted molar refractivity (Wildman–Crippen MR) is 140 cm³/mol. The molecular weight excluding hydrogens is 536 g/mol. The third-order valence-electron chi connectivity index (χ3n) is 5.44. The highest BCUT2D eigenvalue weighted by Crippen LogP contribution is 2.23. The predicted octanol–water partition coefficient (Wildman–Crippen LogP) is 3.35. The molecule has 3 heterocycles. The van der Waals surface area contributed by atoms with Crippen molar-refractivity contribution in [2.75, 3.05) is 47.9 Å². The molecule has 0 radical (unpaired) electrons. The van der Waals surface area contributed by atoms with Gasteiger partial charge in [0.05, 0.1) is 4.47 Å². The van der Waals surface area contributed by atoms with E-state index in [-0.39, 0.29) is 17.2 Å². The van der Waals surface area contributed by atoms with Gasteiger partial charge in [-0.3, -0.25) is 9.59 Å². The van der Waals surface area contributed by atoms with Gasteiger partial charge < -0.3 is 31.5 Å². The van der Waals surface area contributed by atoms with E-state index in [1.165, 1.54) is 0 Å². The van der Waals surface area contributed by atoms with Crippen molar-refractivity contribution in [1.29, 1.82) is 0 Å². The summed E-state index contributed by atoms with van der Waals surface area (Å²) in [5.41, 5.74) is 1.44. The van der Waals surface area contributed by atoms with Crippen molar-refractivity contribution in [1.82, 2.24) is 25.5 Å². The first-order valence-corrected chi connectivity index (χ1v) is 13.2. The van der Waals surface area contributed by atoms with Crippen LogP contribution >= 0.6 is 27.7 Å². The second-order valence-electron chi connectivity index (χ2n) is 8.09. The standard InChI is InChI=1S/C22H27BrN8O3S/c23-16-12-26-20(27-14-5-3-6-15(11-14)28-21(33)31-9-1-2-10-31)30-18(16)24-7-4-8-25-19(32)17-13-35-22(34)29-17/h3,5-6,11-12,17H,1-2,4,7-10,13H2,(H,25,32)(H,28,33)(H,29,34)(H2,24,26,27,30)/t17-/m0/s1. The van der Waals surface area contributed by atoms with Crippen LogP contribution in [0.25, 0.3) is 0 Å². The fourth-order valence-electron chi connectivity index (χ4n) is 3.63. The Morgan fingerprint density at radius 3 is 2.77 bits per heavy atom. The van der Waals surface area contributed by atoms with E-state index < -0.39 is 6.04 Å². The van der Waals surface area contributed by atoms with E-state index in [9.17, 15) is 14.4 Å². The van der Waals surface area contributed by atoms with E-state index >= 15 is 0 Å². The number of nitrogens with zero attached hydrogens (tertiary/aromatic N) is 3. The van der Waals surface area contributed by atoms with Gasteiger partial charge in [0, 0.05) is 49.5 Å². The number of thioether (sulfide) groups is 1. The number of rotatable bonds is 9. The summed E-state index contributed by atoms with van der Waals surface area (Å²) in [7, 11) is 0.